The number of hydrogen-bond donors (Lipinski definition) is 1. The predicted molar refractivity (Wildman–Crippen MR) is 73.8 cm³/mol. The molecule has 2 fully saturated rings. The zero-order chi connectivity index (χ0) is 12.3. The molecule has 0 radical (unpaired) electrons. The lowest BCUT2D eigenvalue weighted by atomic mass is 9.74. The highest BCUT2D eigenvalue weighted by molar-refractivity contribution is 5.85. The second kappa shape index (κ2) is 6.73. The molecule has 1 heterocycles. The first kappa shape index (κ1) is 15.7. The molecule has 1 amide bonds. The van der Waals surface area contributed by atoms with Gasteiger partial charge in [-0.2, -0.15) is 0 Å². The summed E-state index contributed by atoms with van der Waals surface area (Å²) in [6, 6.07) is 0. The Morgan fingerprint density at radius 3 is 2.78 bits per heavy atom. The van der Waals surface area contributed by atoms with Crippen LogP contribution >= 0.6 is 12.4 Å². The highest BCUT2D eigenvalue weighted by Crippen LogP contribution is 2.33. The minimum atomic E-state index is -0.317. The van der Waals surface area contributed by atoms with Gasteiger partial charge >= 0.3 is 0 Å². The van der Waals surface area contributed by atoms with E-state index in [1.54, 1.807) is 0 Å². The van der Waals surface area contributed by atoms with Crippen molar-refractivity contribution < 1.29 is 9.53 Å². The summed E-state index contributed by atoms with van der Waals surface area (Å²) in [6.07, 6.45) is 5.14. The third kappa shape index (κ3) is 3.59. The molecule has 0 aromatic heterocycles. The molecule has 1 saturated heterocycles. The Labute approximate surface area is 116 Å². The number of amides is 1. The largest absolute Gasteiger partial charge is 0.380 e. The monoisotopic (exact) mass is 276 g/mol. The van der Waals surface area contributed by atoms with E-state index in [0.717, 1.165) is 51.8 Å². The molecule has 1 saturated carbocycles. The SMILES string of the molecule is CC1(N)CCCCC1C(=O)N1CCCOCC1.Cl. The molecule has 1 aliphatic heterocycles. The second-order valence-corrected chi connectivity index (χ2v) is 5.60. The second-order valence-electron chi connectivity index (χ2n) is 5.60. The number of carbonyl (C=O) groups is 1. The van der Waals surface area contributed by atoms with Crippen LogP contribution in [0.3, 0.4) is 0 Å². The first-order valence-electron chi connectivity index (χ1n) is 6.77. The average Bonchev–Trinajstić information content (AvgIpc) is 2.56. The molecule has 2 rings (SSSR count). The maximum atomic E-state index is 12.5. The van der Waals surface area contributed by atoms with Crippen molar-refractivity contribution in [3.05, 3.63) is 0 Å². The van der Waals surface area contributed by atoms with Crippen molar-refractivity contribution in [2.24, 2.45) is 11.7 Å². The van der Waals surface area contributed by atoms with Crippen LogP contribution in [0.2, 0.25) is 0 Å². The molecule has 0 aromatic rings. The summed E-state index contributed by atoms with van der Waals surface area (Å²) in [5, 5.41) is 0. The Morgan fingerprint density at radius 1 is 1.28 bits per heavy atom. The Kier molecular flexibility index (Phi) is 5.89. The van der Waals surface area contributed by atoms with Crippen molar-refractivity contribution in [1.29, 1.82) is 0 Å². The first-order chi connectivity index (χ1) is 8.11. The molecule has 2 N–H and O–H groups in total. The van der Waals surface area contributed by atoms with Crippen molar-refractivity contribution in [2.45, 2.75) is 44.6 Å². The van der Waals surface area contributed by atoms with Crippen LogP contribution < -0.4 is 5.73 Å². The van der Waals surface area contributed by atoms with Gasteiger partial charge in [-0.1, -0.05) is 12.8 Å². The van der Waals surface area contributed by atoms with Crippen LogP contribution in [0.5, 0.6) is 0 Å². The fraction of sp³-hybridized carbons (Fsp3) is 0.923. The smallest absolute Gasteiger partial charge is 0.227 e. The highest BCUT2D eigenvalue weighted by Gasteiger charge is 2.39. The van der Waals surface area contributed by atoms with Crippen LogP contribution in [0.1, 0.15) is 39.0 Å². The molecule has 5 heteroatoms. The van der Waals surface area contributed by atoms with E-state index in [4.69, 9.17) is 10.5 Å². The van der Waals surface area contributed by atoms with Gasteiger partial charge in [0, 0.05) is 25.2 Å². The average molecular weight is 277 g/mol. The van der Waals surface area contributed by atoms with Gasteiger partial charge in [-0.15, -0.1) is 12.4 Å². The third-order valence-electron chi connectivity index (χ3n) is 4.09. The zero-order valence-electron chi connectivity index (χ0n) is 11.2. The molecule has 0 spiro atoms. The van der Waals surface area contributed by atoms with Crippen LogP contribution in [-0.4, -0.2) is 42.6 Å². The summed E-state index contributed by atoms with van der Waals surface area (Å²) in [5.74, 6) is 0.259. The molecule has 0 aromatic carbocycles. The lowest BCUT2D eigenvalue weighted by Gasteiger charge is -2.39. The van der Waals surface area contributed by atoms with Crippen LogP contribution in [0.4, 0.5) is 0 Å². The predicted octanol–water partition coefficient (Wildman–Crippen LogP) is 1.56. The maximum absolute atomic E-state index is 12.5. The summed E-state index contributed by atoms with van der Waals surface area (Å²) in [7, 11) is 0. The number of nitrogens with zero attached hydrogens (tertiary/aromatic N) is 1. The van der Waals surface area contributed by atoms with Crippen molar-refractivity contribution in [2.75, 3.05) is 26.3 Å². The third-order valence-corrected chi connectivity index (χ3v) is 4.09. The Morgan fingerprint density at radius 2 is 2.06 bits per heavy atom. The summed E-state index contributed by atoms with van der Waals surface area (Å²) in [6.45, 7) is 5.02. The van der Waals surface area contributed by atoms with Crippen LogP contribution in [-0.2, 0) is 9.53 Å². The number of nitrogens with two attached hydrogens (primary N) is 1. The van der Waals surface area contributed by atoms with E-state index in [-0.39, 0.29) is 29.8 Å². The fourth-order valence-electron chi connectivity index (χ4n) is 2.95. The summed E-state index contributed by atoms with van der Waals surface area (Å²) in [4.78, 5) is 14.5. The van der Waals surface area contributed by atoms with E-state index in [1.807, 2.05) is 11.8 Å². The van der Waals surface area contributed by atoms with E-state index in [0.29, 0.717) is 6.61 Å². The lowest BCUT2D eigenvalue weighted by Crippen LogP contribution is -2.54. The molecule has 0 bridgehead atoms. The van der Waals surface area contributed by atoms with Gasteiger partial charge in [0.15, 0.2) is 0 Å². The lowest BCUT2D eigenvalue weighted by molar-refractivity contribution is -0.139. The Bertz CT molecular complexity index is 276. The van der Waals surface area contributed by atoms with Gasteiger partial charge in [0.25, 0.3) is 0 Å². The van der Waals surface area contributed by atoms with Crippen molar-refractivity contribution in [3.63, 3.8) is 0 Å². The minimum absolute atomic E-state index is 0. The van der Waals surface area contributed by atoms with Gasteiger partial charge in [-0.05, 0) is 26.2 Å². The molecule has 1 aliphatic carbocycles. The molecule has 4 nitrogen and oxygen atoms in total. The van der Waals surface area contributed by atoms with Gasteiger partial charge in [0.1, 0.15) is 0 Å². The topological polar surface area (TPSA) is 55.6 Å². The first-order valence-corrected chi connectivity index (χ1v) is 6.77. The van der Waals surface area contributed by atoms with Crippen LogP contribution in [0.15, 0.2) is 0 Å². The normalized spacial score (nSPS) is 33.4. The number of hydrogen-bond acceptors (Lipinski definition) is 3. The number of carbonyl (C=O) groups excluding carboxylic acids is 1. The molecule has 2 atom stereocenters. The number of ether oxygens (including phenoxy) is 1. The van der Waals surface area contributed by atoms with Gasteiger partial charge in [0.2, 0.25) is 5.91 Å². The van der Waals surface area contributed by atoms with Crippen molar-refractivity contribution in [1.82, 2.24) is 4.90 Å². The molecule has 2 unspecified atom stereocenters. The summed E-state index contributed by atoms with van der Waals surface area (Å²) < 4.78 is 5.39. The summed E-state index contributed by atoms with van der Waals surface area (Å²) >= 11 is 0. The molecular weight excluding hydrogens is 252 g/mol. The van der Waals surface area contributed by atoms with E-state index < -0.39 is 0 Å². The van der Waals surface area contributed by atoms with Gasteiger partial charge in [0.05, 0.1) is 12.5 Å². The van der Waals surface area contributed by atoms with Gasteiger partial charge in [-0.3, -0.25) is 4.79 Å². The minimum Gasteiger partial charge on any atom is -0.380 e. The quantitative estimate of drug-likeness (QED) is 0.791. The number of halogens is 1. The Balaban J connectivity index is 0.00000162. The zero-order valence-corrected chi connectivity index (χ0v) is 12.0. The van der Waals surface area contributed by atoms with E-state index in [1.165, 1.54) is 0 Å². The molecule has 2 aliphatic rings. The Hall–Kier alpha value is -0.320. The standard InChI is InChI=1S/C13H24N2O2.ClH/c1-13(14)6-3-2-5-11(13)12(16)15-7-4-9-17-10-8-15;/h11H,2-10,14H2,1H3;1H. The van der Waals surface area contributed by atoms with Crippen LogP contribution in [0, 0.1) is 5.92 Å². The van der Waals surface area contributed by atoms with E-state index in [2.05, 4.69) is 0 Å². The maximum Gasteiger partial charge on any atom is 0.227 e. The molecule has 18 heavy (non-hydrogen) atoms. The number of rotatable bonds is 1. The fourth-order valence-corrected chi connectivity index (χ4v) is 2.95. The highest BCUT2D eigenvalue weighted by atomic mass is 35.5. The van der Waals surface area contributed by atoms with Crippen molar-refractivity contribution in [3.8, 4) is 0 Å². The molecular formula is C13H25ClN2O2. The van der Waals surface area contributed by atoms with Crippen LogP contribution in [0.25, 0.3) is 0 Å². The van der Waals surface area contributed by atoms with Gasteiger partial charge in [-0.25, -0.2) is 0 Å². The van der Waals surface area contributed by atoms with Crippen molar-refractivity contribution >= 4 is 18.3 Å². The molecule has 106 valence electrons. The van der Waals surface area contributed by atoms with Gasteiger partial charge < -0.3 is 15.4 Å². The summed E-state index contributed by atoms with van der Waals surface area (Å²) in [5.41, 5.74) is 5.97. The van der Waals surface area contributed by atoms with E-state index in [9.17, 15) is 4.79 Å². The van der Waals surface area contributed by atoms with E-state index >= 15 is 0 Å².